The zero-order chi connectivity index (χ0) is 16.1. The first-order valence-corrected chi connectivity index (χ1v) is 8.08. The number of nitrogens with one attached hydrogen (secondary N) is 1. The van der Waals surface area contributed by atoms with E-state index >= 15 is 0 Å². The molecule has 2 heterocycles. The van der Waals surface area contributed by atoms with Gasteiger partial charge in [0.25, 0.3) is 0 Å². The van der Waals surface area contributed by atoms with Crippen molar-refractivity contribution in [3.8, 4) is 0 Å². The molecule has 0 unspecified atom stereocenters. The van der Waals surface area contributed by atoms with Gasteiger partial charge in [-0.15, -0.1) is 11.3 Å². The first kappa shape index (κ1) is 16.6. The van der Waals surface area contributed by atoms with Crippen LogP contribution in [0.1, 0.15) is 22.2 Å². The van der Waals surface area contributed by atoms with E-state index in [1.807, 2.05) is 38.2 Å². The molecular weight excluding hydrogens is 298 g/mol. The van der Waals surface area contributed by atoms with Crippen molar-refractivity contribution in [1.29, 1.82) is 0 Å². The summed E-state index contributed by atoms with van der Waals surface area (Å²) in [5, 5.41) is 5.02. The number of hydrogen-bond donors (Lipinski definition) is 1. The van der Waals surface area contributed by atoms with E-state index in [4.69, 9.17) is 4.42 Å². The highest BCUT2D eigenvalue weighted by molar-refractivity contribution is 7.10. The van der Waals surface area contributed by atoms with Crippen molar-refractivity contribution in [1.82, 2.24) is 15.1 Å². The summed E-state index contributed by atoms with van der Waals surface area (Å²) < 4.78 is 5.45. The SMILES string of the molecule is Cc1ccsc1CN(C)C(=O)NC[C@H](c1ccco1)N(C)C. The number of furan rings is 1. The van der Waals surface area contributed by atoms with Gasteiger partial charge in [0.1, 0.15) is 5.76 Å². The van der Waals surface area contributed by atoms with E-state index in [0.29, 0.717) is 13.1 Å². The van der Waals surface area contributed by atoms with Gasteiger partial charge in [-0.3, -0.25) is 4.90 Å². The largest absolute Gasteiger partial charge is 0.468 e. The Morgan fingerprint density at radius 1 is 1.36 bits per heavy atom. The van der Waals surface area contributed by atoms with Gasteiger partial charge in [-0.2, -0.15) is 0 Å². The number of likely N-dealkylation sites (N-methyl/N-ethyl adjacent to an activating group) is 1. The van der Waals surface area contributed by atoms with E-state index in [-0.39, 0.29) is 12.1 Å². The Bertz CT molecular complexity index is 592. The first-order valence-electron chi connectivity index (χ1n) is 7.20. The van der Waals surface area contributed by atoms with Gasteiger partial charge in [-0.05, 0) is 50.2 Å². The van der Waals surface area contributed by atoms with Gasteiger partial charge in [-0.1, -0.05) is 0 Å². The molecule has 0 saturated carbocycles. The summed E-state index contributed by atoms with van der Waals surface area (Å²) in [5.74, 6) is 0.849. The van der Waals surface area contributed by atoms with Crippen LogP contribution in [0, 0.1) is 6.92 Å². The predicted octanol–water partition coefficient (Wildman–Crippen LogP) is 3.09. The molecule has 0 aromatic carbocycles. The van der Waals surface area contributed by atoms with Gasteiger partial charge >= 0.3 is 6.03 Å². The number of hydrogen-bond acceptors (Lipinski definition) is 4. The summed E-state index contributed by atoms with van der Waals surface area (Å²) in [7, 11) is 5.75. The summed E-state index contributed by atoms with van der Waals surface area (Å²) in [6, 6.07) is 5.81. The molecule has 2 aromatic rings. The van der Waals surface area contributed by atoms with Gasteiger partial charge in [-0.25, -0.2) is 4.79 Å². The minimum Gasteiger partial charge on any atom is -0.468 e. The molecule has 0 aliphatic heterocycles. The van der Waals surface area contributed by atoms with E-state index in [9.17, 15) is 4.79 Å². The average Bonchev–Trinajstić information content (AvgIpc) is 3.11. The molecule has 0 saturated heterocycles. The van der Waals surface area contributed by atoms with Gasteiger partial charge in [0.05, 0.1) is 18.8 Å². The lowest BCUT2D eigenvalue weighted by Gasteiger charge is -2.24. The second kappa shape index (κ2) is 7.47. The van der Waals surface area contributed by atoms with Crippen LogP contribution in [0.15, 0.2) is 34.3 Å². The third kappa shape index (κ3) is 4.11. The summed E-state index contributed by atoms with van der Waals surface area (Å²) in [4.78, 5) is 17.2. The second-order valence-corrected chi connectivity index (χ2v) is 6.56. The molecule has 5 nitrogen and oxygen atoms in total. The van der Waals surface area contributed by atoms with Crippen molar-refractivity contribution in [3.05, 3.63) is 46.0 Å². The topological polar surface area (TPSA) is 48.7 Å². The molecule has 0 aliphatic carbocycles. The van der Waals surface area contributed by atoms with Crippen LogP contribution in [-0.2, 0) is 6.54 Å². The number of carbonyl (C=O) groups is 1. The highest BCUT2D eigenvalue weighted by atomic mass is 32.1. The van der Waals surface area contributed by atoms with Crippen LogP contribution in [0.2, 0.25) is 0 Å². The van der Waals surface area contributed by atoms with Crippen molar-refractivity contribution in [2.75, 3.05) is 27.7 Å². The number of aryl methyl sites for hydroxylation is 1. The maximum atomic E-state index is 12.2. The Morgan fingerprint density at radius 2 is 2.14 bits per heavy atom. The molecule has 0 bridgehead atoms. The van der Waals surface area contributed by atoms with Crippen LogP contribution in [-0.4, -0.2) is 43.5 Å². The fourth-order valence-corrected chi connectivity index (χ4v) is 3.15. The molecule has 6 heteroatoms. The molecule has 1 N–H and O–H groups in total. The molecule has 2 aromatic heterocycles. The molecular formula is C16H23N3O2S. The van der Waals surface area contributed by atoms with Crippen LogP contribution in [0.3, 0.4) is 0 Å². The zero-order valence-electron chi connectivity index (χ0n) is 13.5. The summed E-state index contributed by atoms with van der Waals surface area (Å²) in [6.45, 7) is 3.20. The van der Waals surface area contributed by atoms with Gasteiger partial charge in [0.15, 0.2) is 0 Å². The Labute approximate surface area is 135 Å². The fraction of sp³-hybridized carbons (Fsp3) is 0.438. The molecule has 0 spiro atoms. The van der Waals surface area contributed by atoms with E-state index < -0.39 is 0 Å². The minimum atomic E-state index is -0.0776. The van der Waals surface area contributed by atoms with E-state index in [2.05, 4.69) is 23.7 Å². The van der Waals surface area contributed by atoms with Crippen molar-refractivity contribution in [3.63, 3.8) is 0 Å². The van der Waals surface area contributed by atoms with E-state index in [0.717, 1.165) is 5.76 Å². The molecule has 2 rings (SSSR count). The maximum Gasteiger partial charge on any atom is 0.317 e. The fourth-order valence-electron chi connectivity index (χ4n) is 2.19. The third-order valence-corrected chi connectivity index (χ3v) is 4.64. The standard InChI is InChI=1S/C16H23N3O2S/c1-12-7-9-22-15(12)11-19(4)16(20)17-10-13(18(2)3)14-6-5-8-21-14/h5-9,13H,10-11H2,1-4H3,(H,17,20)/t13-/m1/s1. The summed E-state index contributed by atoms with van der Waals surface area (Å²) in [5.41, 5.74) is 1.23. The van der Waals surface area contributed by atoms with Crippen LogP contribution in [0.25, 0.3) is 0 Å². The molecule has 0 aliphatic rings. The highest BCUT2D eigenvalue weighted by Gasteiger charge is 2.19. The number of nitrogens with zero attached hydrogens (tertiary/aromatic N) is 2. The lowest BCUT2D eigenvalue weighted by atomic mass is 10.2. The summed E-state index contributed by atoms with van der Waals surface area (Å²) in [6.07, 6.45) is 1.65. The highest BCUT2D eigenvalue weighted by Crippen LogP contribution is 2.19. The Kier molecular flexibility index (Phi) is 5.63. The lowest BCUT2D eigenvalue weighted by Crippen LogP contribution is -2.41. The van der Waals surface area contributed by atoms with Gasteiger partial charge < -0.3 is 14.6 Å². The van der Waals surface area contributed by atoms with Gasteiger partial charge in [0.2, 0.25) is 0 Å². The monoisotopic (exact) mass is 321 g/mol. The Morgan fingerprint density at radius 3 is 2.68 bits per heavy atom. The van der Waals surface area contributed by atoms with Crippen molar-refractivity contribution >= 4 is 17.4 Å². The van der Waals surface area contributed by atoms with Crippen LogP contribution >= 0.6 is 11.3 Å². The minimum absolute atomic E-state index is 0.0239. The Balaban J connectivity index is 1.89. The second-order valence-electron chi connectivity index (χ2n) is 5.56. The molecule has 1 atom stereocenters. The number of carbonyl (C=O) groups excluding carboxylic acids is 1. The van der Waals surface area contributed by atoms with E-state index in [1.165, 1.54) is 10.4 Å². The predicted molar refractivity (Wildman–Crippen MR) is 89.1 cm³/mol. The number of amides is 2. The molecule has 120 valence electrons. The normalized spacial score (nSPS) is 12.4. The van der Waals surface area contributed by atoms with Crippen molar-refractivity contribution in [2.45, 2.75) is 19.5 Å². The first-order chi connectivity index (χ1) is 10.5. The lowest BCUT2D eigenvalue weighted by molar-refractivity contribution is 0.197. The van der Waals surface area contributed by atoms with Crippen LogP contribution in [0.5, 0.6) is 0 Å². The zero-order valence-corrected chi connectivity index (χ0v) is 14.3. The van der Waals surface area contributed by atoms with E-state index in [1.54, 1.807) is 22.5 Å². The molecule has 0 radical (unpaired) electrons. The van der Waals surface area contributed by atoms with Gasteiger partial charge in [0, 0.05) is 18.5 Å². The maximum absolute atomic E-state index is 12.2. The molecule has 0 fully saturated rings. The number of rotatable bonds is 6. The number of thiophene rings is 1. The van der Waals surface area contributed by atoms with Crippen LogP contribution in [0.4, 0.5) is 4.79 Å². The van der Waals surface area contributed by atoms with Crippen LogP contribution < -0.4 is 5.32 Å². The molecule has 2 amide bonds. The van der Waals surface area contributed by atoms with Crippen molar-refractivity contribution < 1.29 is 9.21 Å². The quantitative estimate of drug-likeness (QED) is 0.889. The number of urea groups is 1. The third-order valence-electron chi connectivity index (χ3n) is 3.64. The van der Waals surface area contributed by atoms with Crippen molar-refractivity contribution in [2.24, 2.45) is 0 Å². The average molecular weight is 321 g/mol. The summed E-state index contributed by atoms with van der Waals surface area (Å²) >= 11 is 1.68. The smallest absolute Gasteiger partial charge is 0.317 e. The molecule has 22 heavy (non-hydrogen) atoms. The Hall–Kier alpha value is -1.79.